The van der Waals surface area contributed by atoms with Gasteiger partial charge in [0.1, 0.15) is 6.04 Å². The Morgan fingerprint density at radius 2 is 1.70 bits per heavy atom. The zero-order valence-electron chi connectivity index (χ0n) is 22.5. The third-order valence-electron chi connectivity index (χ3n) is 6.55. The van der Waals surface area contributed by atoms with E-state index in [-0.39, 0.29) is 47.7 Å². The summed E-state index contributed by atoms with van der Waals surface area (Å²) in [6.45, 7) is 19.0. The van der Waals surface area contributed by atoms with E-state index in [1.807, 2.05) is 27.7 Å². The molecule has 0 radical (unpaired) electrons. The van der Waals surface area contributed by atoms with Crippen LogP contribution in [0.2, 0.25) is 0 Å². The van der Waals surface area contributed by atoms with Gasteiger partial charge in [-0.15, -0.1) is 0 Å². The Balaban J connectivity index is 3.07. The molecule has 1 aliphatic heterocycles. The first-order valence-corrected chi connectivity index (χ1v) is 12.5. The molecule has 190 valence electrons. The van der Waals surface area contributed by atoms with Gasteiger partial charge in [-0.05, 0) is 58.3 Å². The average molecular weight is 466 g/mol. The minimum absolute atomic E-state index is 0.0677. The van der Waals surface area contributed by atoms with E-state index in [0.29, 0.717) is 18.1 Å². The summed E-state index contributed by atoms with van der Waals surface area (Å²) in [7, 11) is 1.74. The molecule has 2 amide bonds. The van der Waals surface area contributed by atoms with Crippen molar-refractivity contribution in [3.05, 3.63) is 11.6 Å². The summed E-state index contributed by atoms with van der Waals surface area (Å²) in [5, 5.41) is 3.07. The molecule has 0 aromatic rings. The second-order valence-electron chi connectivity index (χ2n) is 10.5. The number of likely N-dealkylation sites (tertiary alicyclic amines) is 1. The molecular weight excluding hydrogens is 418 g/mol. The molecule has 7 heteroatoms. The van der Waals surface area contributed by atoms with E-state index in [1.54, 1.807) is 31.9 Å². The van der Waals surface area contributed by atoms with Crippen LogP contribution in [0.3, 0.4) is 0 Å². The number of amides is 2. The Hall–Kier alpha value is -1.89. The molecule has 7 nitrogen and oxygen atoms in total. The van der Waals surface area contributed by atoms with Crippen LogP contribution in [0.4, 0.5) is 0 Å². The molecule has 1 heterocycles. The zero-order valence-corrected chi connectivity index (χ0v) is 22.5. The highest BCUT2D eigenvalue weighted by atomic mass is 16.5. The molecule has 0 spiro atoms. The molecular formula is C26H47N3O4. The largest absolute Gasteiger partial charge is 0.463 e. The van der Waals surface area contributed by atoms with Crippen molar-refractivity contribution in [2.24, 2.45) is 17.8 Å². The van der Waals surface area contributed by atoms with Crippen molar-refractivity contribution in [1.29, 1.82) is 0 Å². The lowest BCUT2D eigenvalue weighted by atomic mass is 9.91. The molecule has 33 heavy (non-hydrogen) atoms. The van der Waals surface area contributed by atoms with Crippen LogP contribution in [0.1, 0.15) is 75.2 Å². The lowest BCUT2D eigenvalue weighted by Gasteiger charge is -2.41. The highest BCUT2D eigenvalue weighted by Crippen LogP contribution is 2.24. The van der Waals surface area contributed by atoms with Crippen molar-refractivity contribution in [1.82, 2.24) is 15.1 Å². The third kappa shape index (κ3) is 8.13. The lowest BCUT2D eigenvalue weighted by molar-refractivity contribution is -0.140. The van der Waals surface area contributed by atoms with Gasteiger partial charge in [0, 0.05) is 25.2 Å². The Labute approximate surface area is 201 Å². The first kappa shape index (κ1) is 29.1. The standard InChI is InChI=1S/C26H47N3O4/c1-11-33-26(32)20(9)14-22(16(2)3)28(10)25(31)23(17(4)5)27-24(30)21-13-12-19(8)15-29(21)18(6)7/h14,16-19,21-23H,11-13,15H2,1-10H3,(H,27,30)/b20-14+/t19?,21?,22-,23?/m1/s1. The molecule has 1 saturated heterocycles. The summed E-state index contributed by atoms with van der Waals surface area (Å²) < 4.78 is 5.09. The molecule has 1 N–H and O–H groups in total. The Morgan fingerprint density at radius 1 is 1.09 bits per heavy atom. The Bertz CT molecular complexity index is 702. The van der Waals surface area contributed by atoms with E-state index < -0.39 is 6.04 Å². The minimum atomic E-state index is -0.631. The topological polar surface area (TPSA) is 79.0 Å². The normalized spacial score (nSPS) is 21.8. The highest BCUT2D eigenvalue weighted by molar-refractivity contribution is 5.91. The number of hydrogen-bond donors (Lipinski definition) is 1. The van der Waals surface area contributed by atoms with Gasteiger partial charge < -0.3 is 15.0 Å². The van der Waals surface area contributed by atoms with Crippen LogP contribution in [0.5, 0.6) is 0 Å². The summed E-state index contributed by atoms with van der Waals surface area (Å²) >= 11 is 0. The van der Waals surface area contributed by atoms with Crippen LogP contribution >= 0.6 is 0 Å². The van der Waals surface area contributed by atoms with Crippen LogP contribution in [-0.4, -0.2) is 72.0 Å². The fraction of sp³-hybridized carbons (Fsp3) is 0.808. The van der Waals surface area contributed by atoms with E-state index in [2.05, 4.69) is 31.0 Å². The van der Waals surface area contributed by atoms with Crippen LogP contribution < -0.4 is 5.32 Å². The number of carbonyl (C=O) groups is 3. The number of rotatable bonds is 10. The fourth-order valence-electron chi connectivity index (χ4n) is 4.49. The highest BCUT2D eigenvalue weighted by Gasteiger charge is 2.37. The second-order valence-corrected chi connectivity index (χ2v) is 10.5. The predicted octanol–water partition coefficient (Wildman–Crippen LogP) is 3.63. The van der Waals surface area contributed by atoms with E-state index in [4.69, 9.17) is 4.74 Å². The second kappa shape index (κ2) is 13.1. The molecule has 4 atom stereocenters. The summed E-state index contributed by atoms with van der Waals surface area (Å²) in [6, 6.07) is -0.871. The number of carbonyl (C=O) groups excluding carboxylic acids is 3. The van der Waals surface area contributed by atoms with Crippen molar-refractivity contribution < 1.29 is 19.1 Å². The molecule has 1 rings (SSSR count). The summed E-state index contributed by atoms with van der Waals surface area (Å²) in [4.78, 5) is 42.9. The van der Waals surface area contributed by atoms with Gasteiger partial charge in [-0.3, -0.25) is 14.5 Å². The maximum absolute atomic E-state index is 13.5. The first-order valence-electron chi connectivity index (χ1n) is 12.5. The molecule has 0 bridgehead atoms. The Kier molecular flexibility index (Phi) is 11.6. The van der Waals surface area contributed by atoms with Crippen LogP contribution in [-0.2, 0) is 19.1 Å². The summed E-state index contributed by atoms with van der Waals surface area (Å²) in [5.41, 5.74) is 0.476. The zero-order chi connectivity index (χ0) is 25.5. The SMILES string of the molecule is CCOC(=O)/C(C)=C/[C@H](C(C)C)N(C)C(=O)C(NC(=O)C1CCC(C)CN1C(C)C)C(C)C. The third-order valence-corrected chi connectivity index (χ3v) is 6.55. The van der Waals surface area contributed by atoms with E-state index in [1.165, 1.54) is 0 Å². The monoisotopic (exact) mass is 465 g/mol. The van der Waals surface area contributed by atoms with Gasteiger partial charge in [-0.1, -0.05) is 40.7 Å². The number of nitrogens with one attached hydrogen (secondary N) is 1. The van der Waals surface area contributed by atoms with Gasteiger partial charge in [-0.2, -0.15) is 0 Å². The van der Waals surface area contributed by atoms with Gasteiger partial charge >= 0.3 is 5.97 Å². The van der Waals surface area contributed by atoms with Gasteiger partial charge in [0.05, 0.1) is 18.7 Å². The van der Waals surface area contributed by atoms with Crippen molar-refractivity contribution in [3.8, 4) is 0 Å². The number of ether oxygens (including phenoxy) is 1. The number of likely N-dealkylation sites (N-methyl/N-ethyl adjacent to an activating group) is 1. The van der Waals surface area contributed by atoms with Crippen molar-refractivity contribution in [3.63, 3.8) is 0 Å². The van der Waals surface area contributed by atoms with E-state index in [9.17, 15) is 14.4 Å². The average Bonchev–Trinajstić information content (AvgIpc) is 2.73. The smallest absolute Gasteiger partial charge is 0.333 e. The molecule has 0 aromatic carbocycles. The van der Waals surface area contributed by atoms with Crippen molar-refractivity contribution >= 4 is 17.8 Å². The van der Waals surface area contributed by atoms with Crippen LogP contribution in [0.15, 0.2) is 11.6 Å². The molecule has 0 saturated carbocycles. The van der Waals surface area contributed by atoms with Gasteiger partial charge in [0.15, 0.2) is 0 Å². The minimum Gasteiger partial charge on any atom is -0.463 e. The van der Waals surface area contributed by atoms with E-state index in [0.717, 1.165) is 19.4 Å². The van der Waals surface area contributed by atoms with E-state index >= 15 is 0 Å². The molecule has 0 aliphatic carbocycles. The quantitative estimate of drug-likeness (QED) is 0.394. The van der Waals surface area contributed by atoms with Gasteiger partial charge in [0.2, 0.25) is 11.8 Å². The number of esters is 1. The van der Waals surface area contributed by atoms with Crippen molar-refractivity contribution in [2.45, 2.75) is 99.3 Å². The summed E-state index contributed by atoms with van der Waals surface area (Å²) in [5.74, 6) is -0.0186. The number of piperidine rings is 1. The lowest BCUT2D eigenvalue weighted by Crippen LogP contribution is -2.59. The van der Waals surface area contributed by atoms with Gasteiger partial charge in [-0.25, -0.2) is 4.79 Å². The molecule has 3 unspecified atom stereocenters. The maximum atomic E-state index is 13.5. The Morgan fingerprint density at radius 3 is 2.18 bits per heavy atom. The fourth-order valence-corrected chi connectivity index (χ4v) is 4.49. The number of nitrogens with zero attached hydrogens (tertiary/aromatic N) is 2. The van der Waals surface area contributed by atoms with Crippen LogP contribution in [0.25, 0.3) is 0 Å². The molecule has 0 aromatic heterocycles. The predicted molar refractivity (Wildman–Crippen MR) is 133 cm³/mol. The van der Waals surface area contributed by atoms with Crippen LogP contribution in [0, 0.1) is 17.8 Å². The molecule has 1 aliphatic rings. The first-order chi connectivity index (χ1) is 15.3. The van der Waals surface area contributed by atoms with Gasteiger partial charge in [0.25, 0.3) is 0 Å². The summed E-state index contributed by atoms with van der Waals surface area (Å²) in [6.07, 6.45) is 3.60. The maximum Gasteiger partial charge on any atom is 0.333 e. The van der Waals surface area contributed by atoms with Crippen molar-refractivity contribution in [2.75, 3.05) is 20.2 Å². The number of hydrogen-bond acceptors (Lipinski definition) is 5. The molecule has 1 fully saturated rings.